The number of hydrogen-bond donors (Lipinski definition) is 2. The highest BCUT2D eigenvalue weighted by atomic mass is 35.5. The quantitative estimate of drug-likeness (QED) is 0.844. The molecule has 0 atom stereocenters. The van der Waals surface area contributed by atoms with Crippen molar-refractivity contribution in [3.8, 4) is 0 Å². The smallest absolute Gasteiger partial charge is 0.259 e. The molecule has 0 saturated carbocycles. The van der Waals surface area contributed by atoms with Crippen LogP contribution in [0.5, 0.6) is 0 Å². The van der Waals surface area contributed by atoms with E-state index in [1.807, 2.05) is 0 Å². The van der Waals surface area contributed by atoms with Crippen molar-refractivity contribution in [1.29, 1.82) is 0 Å². The first kappa shape index (κ1) is 15.3. The lowest BCUT2D eigenvalue weighted by molar-refractivity contribution is -0.117. The minimum absolute atomic E-state index is 0.0990. The van der Waals surface area contributed by atoms with E-state index in [0.29, 0.717) is 10.8 Å². The molecule has 21 heavy (non-hydrogen) atoms. The van der Waals surface area contributed by atoms with E-state index >= 15 is 0 Å². The number of amides is 2. The number of halogens is 1. The monoisotopic (exact) mass is 321 g/mol. The lowest BCUT2D eigenvalue weighted by atomic mass is 10.2. The summed E-state index contributed by atoms with van der Waals surface area (Å²) in [4.78, 5) is 28.3. The van der Waals surface area contributed by atoms with E-state index in [2.05, 4.69) is 10.3 Å². The fraction of sp³-hybridized carbons (Fsp3) is 0.0714. The first-order valence-corrected chi connectivity index (χ1v) is 7.35. The highest BCUT2D eigenvalue weighted by Crippen LogP contribution is 2.17. The van der Waals surface area contributed by atoms with Gasteiger partial charge in [0.25, 0.3) is 5.91 Å². The van der Waals surface area contributed by atoms with Gasteiger partial charge in [0.2, 0.25) is 5.91 Å². The third-order valence-corrected chi connectivity index (χ3v) is 3.81. The molecule has 1 aromatic heterocycles. The Morgan fingerprint density at radius 1 is 1.24 bits per heavy atom. The molecule has 0 saturated heterocycles. The number of carbonyl (C=O) groups is 2. The van der Waals surface area contributed by atoms with Crippen molar-refractivity contribution in [2.75, 3.05) is 11.5 Å². The van der Waals surface area contributed by atoms with E-state index in [9.17, 15) is 9.59 Å². The Morgan fingerprint density at radius 2 is 2.00 bits per heavy atom. The molecule has 2 aromatic rings. The van der Waals surface area contributed by atoms with Crippen LogP contribution < -0.4 is 11.1 Å². The SMILES string of the molecule is Nc1ccc(SCC(=O)NC(=O)c2ccccc2Cl)cn1. The molecule has 0 aliphatic heterocycles. The summed E-state index contributed by atoms with van der Waals surface area (Å²) in [6, 6.07) is 9.95. The van der Waals surface area contributed by atoms with Gasteiger partial charge in [-0.2, -0.15) is 0 Å². The Kier molecular flexibility index (Phi) is 5.19. The third kappa shape index (κ3) is 4.47. The molecule has 0 fully saturated rings. The lowest BCUT2D eigenvalue weighted by Gasteiger charge is -2.05. The Hall–Kier alpha value is -2.05. The van der Waals surface area contributed by atoms with Crippen LogP contribution in [0.4, 0.5) is 5.82 Å². The summed E-state index contributed by atoms with van der Waals surface area (Å²) in [7, 11) is 0. The zero-order valence-corrected chi connectivity index (χ0v) is 12.4. The van der Waals surface area contributed by atoms with Crippen LogP contribution >= 0.6 is 23.4 Å². The van der Waals surface area contributed by atoms with Gasteiger partial charge in [0, 0.05) is 11.1 Å². The number of nitrogens with zero attached hydrogens (tertiary/aromatic N) is 1. The molecule has 5 nitrogen and oxygen atoms in total. The van der Waals surface area contributed by atoms with E-state index in [1.165, 1.54) is 11.8 Å². The number of nitrogens with two attached hydrogens (primary N) is 1. The Morgan fingerprint density at radius 3 is 2.67 bits per heavy atom. The maximum absolute atomic E-state index is 11.9. The van der Waals surface area contributed by atoms with Gasteiger partial charge in [-0.15, -0.1) is 11.8 Å². The number of carbonyl (C=O) groups excluding carboxylic acids is 2. The molecule has 0 radical (unpaired) electrons. The van der Waals surface area contributed by atoms with E-state index < -0.39 is 11.8 Å². The number of imide groups is 1. The number of hydrogen-bond acceptors (Lipinski definition) is 5. The van der Waals surface area contributed by atoms with Gasteiger partial charge in [0.15, 0.2) is 0 Å². The molecule has 2 amide bonds. The highest BCUT2D eigenvalue weighted by molar-refractivity contribution is 8.00. The molecule has 0 unspecified atom stereocenters. The lowest BCUT2D eigenvalue weighted by Crippen LogP contribution is -2.32. The number of aromatic nitrogens is 1. The van der Waals surface area contributed by atoms with Crippen molar-refractivity contribution in [2.24, 2.45) is 0 Å². The van der Waals surface area contributed by atoms with Gasteiger partial charge in [0.05, 0.1) is 16.3 Å². The molecule has 7 heteroatoms. The summed E-state index contributed by atoms with van der Waals surface area (Å²) in [6.45, 7) is 0. The fourth-order valence-corrected chi connectivity index (χ4v) is 2.38. The number of benzene rings is 1. The van der Waals surface area contributed by atoms with E-state index in [4.69, 9.17) is 17.3 Å². The maximum Gasteiger partial charge on any atom is 0.259 e. The molecular formula is C14H12ClN3O2S. The summed E-state index contributed by atoms with van der Waals surface area (Å²) >= 11 is 7.16. The second-order valence-electron chi connectivity index (χ2n) is 4.06. The van der Waals surface area contributed by atoms with Gasteiger partial charge in [0.1, 0.15) is 5.82 Å². The molecule has 3 N–H and O–H groups in total. The topological polar surface area (TPSA) is 85.1 Å². The zero-order valence-electron chi connectivity index (χ0n) is 10.9. The van der Waals surface area contributed by atoms with Gasteiger partial charge in [-0.25, -0.2) is 4.98 Å². The van der Waals surface area contributed by atoms with Crippen LogP contribution in [0.15, 0.2) is 47.5 Å². The summed E-state index contributed by atoms with van der Waals surface area (Å²) in [5.41, 5.74) is 5.74. The molecule has 1 aromatic carbocycles. The molecule has 0 aliphatic rings. The summed E-state index contributed by atoms with van der Waals surface area (Å²) < 4.78 is 0. The van der Waals surface area contributed by atoms with Crippen LogP contribution in [0.25, 0.3) is 0 Å². The first-order valence-electron chi connectivity index (χ1n) is 5.99. The van der Waals surface area contributed by atoms with Crippen LogP contribution in [0.1, 0.15) is 10.4 Å². The summed E-state index contributed by atoms with van der Waals surface area (Å²) in [6.07, 6.45) is 1.57. The number of pyridine rings is 1. The number of anilines is 1. The Labute approximate surface area is 130 Å². The predicted octanol–water partition coefficient (Wildman–Crippen LogP) is 2.37. The van der Waals surface area contributed by atoms with Crippen molar-refractivity contribution in [2.45, 2.75) is 4.90 Å². The largest absolute Gasteiger partial charge is 0.384 e. The maximum atomic E-state index is 11.9. The Balaban J connectivity index is 1.89. The van der Waals surface area contributed by atoms with E-state index in [1.54, 1.807) is 42.6 Å². The summed E-state index contributed by atoms with van der Waals surface area (Å²) in [5.74, 6) is -0.400. The molecule has 0 bridgehead atoms. The molecule has 108 valence electrons. The molecule has 0 spiro atoms. The second kappa shape index (κ2) is 7.10. The van der Waals surface area contributed by atoms with Gasteiger partial charge in [-0.05, 0) is 24.3 Å². The standard InChI is InChI=1S/C14H12ClN3O2S/c15-11-4-2-1-3-10(11)14(20)18-13(19)8-21-9-5-6-12(16)17-7-9/h1-7H,8H2,(H2,16,17)(H,18,19,20). The molecule has 2 rings (SSSR count). The minimum atomic E-state index is -0.512. The fourth-order valence-electron chi connectivity index (χ4n) is 1.50. The van der Waals surface area contributed by atoms with Gasteiger partial charge in [-0.1, -0.05) is 23.7 Å². The molecule has 1 heterocycles. The van der Waals surface area contributed by atoms with E-state index in [0.717, 1.165) is 4.90 Å². The van der Waals surface area contributed by atoms with Crippen LogP contribution in [0.3, 0.4) is 0 Å². The van der Waals surface area contributed by atoms with Gasteiger partial charge >= 0.3 is 0 Å². The second-order valence-corrected chi connectivity index (χ2v) is 5.52. The Bertz CT molecular complexity index is 662. The number of nitrogens with one attached hydrogen (secondary N) is 1. The van der Waals surface area contributed by atoms with Crippen LogP contribution in [-0.4, -0.2) is 22.6 Å². The van der Waals surface area contributed by atoms with Crippen molar-refractivity contribution in [3.05, 3.63) is 53.2 Å². The summed E-state index contributed by atoms with van der Waals surface area (Å²) in [5, 5.41) is 2.59. The van der Waals surface area contributed by atoms with Crippen molar-refractivity contribution in [3.63, 3.8) is 0 Å². The zero-order chi connectivity index (χ0) is 15.2. The van der Waals surface area contributed by atoms with Crippen LogP contribution in [0.2, 0.25) is 5.02 Å². The van der Waals surface area contributed by atoms with Crippen molar-refractivity contribution in [1.82, 2.24) is 10.3 Å². The normalized spacial score (nSPS) is 10.1. The van der Waals surface area contributed by atoms with Gasteiger partial charge < -0.3 is 5.73 Å². The predicted molar refractivity (Wildman–Crippen MR) is 83.3 cm³/mol. The molecular weight excluding hydrogens is 310 g/mol. The molecule has 0 aliphatic carbocycles. The van der Waals surface area contributed by atoms with Crippen LogP contribution in [-0.2, 0) is 4.79 Å². The van der Waals surface area contributed by atoms with Crippen molar-refractivity contribution < 1.29 is 9.59 Å². The number of rotatable bonds is 4. The highest BCUT2D eigenvalue weighted by Gasteiger charge is 2.13. The number of thioether (sulfide) groups is 1. The van der Waals surface area contributed by atoms with E-state index in [-0.39, 0.29) is 11.3 Å². The first-order chi connectivity index (χ1) is 10.1. The third-order valence-electron chi connectivity index (χ3n) is 2.50. The average Bonchev–Trinajstić information content (AvgIpc) is 2.47. The van der Waals surface area contributed by atoms with Crippen molar-refractivity contribution >= 4 is 41.0 Å². The van der Waals surface area contributed by atoms with Gasteiger partial charge in [-0.3, -0.25) is 14.9 Å². The number of nitrogen functional groups attached to an aromatic ring is 1. The average molecular weight is 322 g/mol. The van der Waals surface area contributed by atoms with Crippen LogP contribution in [0, 0.1) is 0 Å². The minimum Gasteiger partial charge on any atom is -0.384 e.